The largest absolute Gasteiger partial charge is 0.478 e. The zero-order valence-corrected chi connectivity index (χ0v) is 20.7. The van der Waals surface area contributed by atoms with Crippen LogP contribution >= 0.6 is 23.2 Å². The van der Waals surface area contributed by atoms with Crippen LogP contribution in [0.2, 0.25) is 10.0 Å². The number of carboxylic acids is 1. The lowest BCUT2D eigenvalue weighted by atomic mass is 10.1. The minimum absolute atomic E-state index is 0.403. The monoisotopic (exact) mass is 480 g/mol. The number of aliphatic carboxylic acids is 1. The fourth-order valence-electron chi connectivity index (χ4n) is 2.67. The molecule has 0 aliphatic heterocycles. The summed E-state index contributed by atoms with van der Waals surface area (Å²) in [6, 6.07) is 11.5. The second kappa shape index (κ2) is 14.8. The molecule has 0 fully saturated rings. The van der Waals surface area contributed by atoms with Crippen molar-refractivity contribution in [3.8, 4) is 17.2 Å². The van der Waals surface area contributed by atoms with E-state index in [4.69, 9.17) is 37.8 Å². The van der Waals surface area contributed by atoms with Crippen molar-refractivity contribution in [1.29, 1.82) is 0 Å². The first-order valence-electron chi connectivity index (χ1n) is 11.0. The van der Waals surface area contributed by atoms with Gasteiger partial charge < -0.3 is 14.6 Å². The molecule has 0 spiro atoms. The van der Waals surface area contributed by atoms with E-state index in [0.29, 0.717) is 27.3 Å². The Morgan fingerprint density at radius 3 is 2.16 bits per heavy atom. The molecule has 32 heavy (non-hydrogen) atoms. The molecule has 0 heterocycles. The van der Waals surface area contributed by atoms with Gasteiger partial charge in [-0.1, -0.05) is 68.3 Å². The molecule has 0 aliphatic rings. The fourth-order valence-corrected chi connectivity index (χ4v) is 3.12. The predicted molar refractivity (Wildman–Crippen MR) is 134 cm³/mol. The summed E-state index contributed by atoms with van der Waals surface area (Å²) in [5.74, 6) is 0.415. The summed E-state index contributed by atoms with van der Waals surface area (Å²) in [5, 5.41) is 9.96. The number of halogens is 2. The molecular weight excluding hydrogens is 447 g/mol. The normalized spacial score (nSPS) is 10.7. The minimum Gasteiger partial charge on any atom is -0.478 e. The molecule has 2 aromatic rings. The number of hydrogen-bond donors (Lipinski definition) is 1. The molecule has 2 aromatic carbocycles. The molecule has 176 valence electrons. The summed E-state index contributed by atoms with van der Waals surface area (Å²) in [5.41, 5.74) is -1.30. The predicted octanol–water partition coefficient (Wildman–Crippen LogP) is 8.95. The van der Waals surface area contributed by atoms with Gasteiger partial charge in [-0.3, -0.25) is 0 Å². The zero-order chi connectivity index (χ0) is 24.0. The van der Waals surface area contributed by atoms with Gasteiger partial charge in [0.25, 0.3) is 0 Å². The Morgan fingerprint density at radius 1 is 1.00 bits per heavy atom. The second-order valence-electron chi connectivity index (χ2n) is 7.91. The van der Waals surface area contributed by atoms with Crippen molar-refractivity contribution >= 4 is 29.2 Å². The van der Waals surface area contributed by atoms with Gasteiger partial charge in [0, 0.05) is 5.02 Å². The molecule has 0 aliphatic carbocycles. The lowest BCUT2D eigenvalue weighted by Crippen LogP contribution is -2.37. The third-order valence-electron chi connectivity index (χ3n) is 4.60. The zero-order valence-electron chi connectivity index (χ0n) is 19.2. The van der Waals surface area contributed by atoms with Crippen molar-refractivity contribution in [2.75, 3.05) is 0 Å². The molecule has 6 heteroatoms. The van der Waals surface area contributed by atoms with Crippen LogP contribution in [-0.2, 0) is 4.79 Å². The maximum atomic E-state index is 11.0. The molecule has 0 radical (unpaired) electrons. The Hall–Kier alpha value is -2.17. The summed E-state index contributed by atoms with van der Waals surface area (Å²) in [6.07, 6.45) is 11.6. The summed E-state index contributed by atoms with van der Waals surface area (Å²) in [4.78, 5) is 11.0. The van der Waals surface area contributed by atoms with Crippen LogP contribution in [-0.4, -0.2) is 16.7 Å². The SMILES string of the molecule is C=CCCCCCCCC.CC(C)(Oc1ccc(Oc2ccc(Cl)cc2Cl)cc1)C(=O)O. The van der Waals surface area contributed by atoms with Gasteiger partial charge in [0.1, 0.15) is 17.2 Å². The summed E-state index contributed by atoms with van der Waals surface area (Å²) in [6.45, 7) is 8.91. The van der Waals surface area contributed by atoms with Crippen molar-refractivity contribution < 1.29 is 19.4 Å². The number of hydrogen-bond acceptors (Lipinski definition) is 3. The molecule has 0 atom stereocenters. The van der Waals surface area contributed by atoms with Crippen LogP contribution in [0.4, 0.5) is 0 Å². The van der Waals surface area contributed by atoms with E-state index in [0.717, 1.165) is 0 Å². The van der Waals surface area contributed by atoms with E-state index in [1.807, 2.05) is 6.08 Å². The van der Waals surface area contributed by atoms with Crippen molar-refractivity contribution in [2.24, 2.45) is 0 Å². The van der Waals surface area contributed by atoms with E-state index in [2.05, 4.69) is 13.5 Å². The number of unbranched alkanes of at least 4 members (excludes halogenated alkanes) is 6. The first-order valence-corrected chi connectivity index (χ1v) is 11.7. The number of benzene rings is 2. The van der Waals surface area contributed by atoms with Gasteiger partial charge in [-0.15, -0.1) is 6.58 Å². The Labute approximate surface area is 202 Å². The van der Waals surface area contributed by atoms with Crippen molar-refractivity contribution in [3.05, 3.63) is 65.2 Å². The molecule has 2 rings (SSSR count). The lowest BCUT2D eigenvalue weighted by Gasteiger charge is -2.21. The highest BCUT2D eigenvalue weighted by molar-refractivity contribution is 6.35. The number of allylic oxidation sites excluding steroid dienone is 1. The van der Waals surface area contributed by atoms with Crippen LogP contribution in [0.25, 0.3) is 0 Å². The molecular formula is C26H34Cl2O4. The third-order valence-corrected chi connectivity index (χ3v) is 5.13. The maximum Gasteiger partial charge on any atom is 0.347 e. The molecule has 4 nitrogen and oxygen atoms in total. The summed E-state index contributed by atoms with van der Waals surface area (Å²) < 4.78 is 11.0. The second-order valence-corrected chi connectivity index (χ2v) is 8.75. The molecule has 0 aromatic heterocycles. The Morgan fingerprint density at radius 2 is 1.59 bits per heavy atom. The molecule has 0 amide bonds. The van der Waals surface area contributed by atoms with E-state index < -0.39 is 11.6 Å². The summed E-state index contributed by atoms with van der Waals surface area (Å²) >= 11 is 11.9. The van der Waals surface area contributed by atoms with E-state index in [1.165, 1.54) is 58.8 Å². The van der Waals surface area contributed by atoms with Crippen LogP contribution in [0, 0.1) is 0 Å². The minimum atomic E-state index is -1.30. The van der Waals surface area contributed by atoms with Gasteiger partial charge in [-0.25, -0.2) is 4.79 Å². The average Bonchev–Trinajstić information content (AvgIpc) is 2.74. The molecule has 0 unspecified atom stereocenters. The van der Waals surface area contributed by atoms with Crippen molar-refractivity contribution in [1.82, 2.24) is 0 Å². The average molecular weight is 481 g/mol. The number of carbonyl (C=O) groups is 1. The van der Waals surface area contributed by atoms with E-state index >= 15 is 0 Å². The van der Waals surface area contributed by atoms with Gasteiger partial charge in [0.05, 0.1) is 5.02 Å². The van der Waals surface area contributed by atoms with Crippen LogP contribution in [0.1, 0.15) is 65.7 Å². The van der Waals surface area contributed by atoms with Crippen LogP contribution in [0.5, 0.6) is 17.2 Å². The Balaban J connectivity index is 0.000000433. The third kappa shape index (κ3) is 10.9. The quantitative estimate of drug-likeness (QED) is 0.243. The highest BCUT2D eigenvalue weighted by Gasteiger charge is 2.29. The highest BCUT2D eigenvalue weighted by atomic mass is 35.5. The van der Waals surface area contributed by atoms with Crippen LogP contribution in [0.3, 0.4) is 0 Å². The molecule has 0 saturated carbocycles. The van der Waals surface area contributed by atoms with E-state index in [-0.39, 0.29) is 0 Å². The number of rotatable bonds is 12. The van der Waals surface area contributed by atoms with Gasteiger partial charge in [0.2, 0.25) is 0 Å². The molecule has 1 N–H and O–H groups in total. The van der Waals surface area contributed by atoms with Gasteiger partial charge in [-0.05, 0) is 69.2 Å². The molecule has 0 saturated heterocycles. The highest BCUT2D eigenvalue weighted by Crippen LogP contribution is 2.32. The Kier molecular flexibility index (Phi) is 12.9. The summed E-state index contributed by atoms with van der Waals surface area (Å²) in [7, 11) is 0. The van der Waals surface area contributed by atoms with Gasteiger partial charge >= 0.3 is 5.97 Å². The molecule has 0 bridgehead atoms. The lowest BCUT2D eigenvalue weighted by molar-refractivity contribution is -0.152. The smallest absolute Gasteiger partial charge is 0.347 e. The van der Waals surface area contributed by atoms with Crippen molar-refractivity contribution in [2.45, 2.75) is 71.3 Å². The maximum absolute atomic E-state index is 11.0. The van der Waals surface area contributed by atoms with Crippen LogP contribution < -0.4 is 9.47 Å². The van der Waals surface area contributed by atoms with Crippen molar-refractivity contribution in [3.63, 3.8) is 0 Å². The van der Waals surface area contributed by atoms with Gasteiger partial charge in [-0.2, -0.15) is 0 Å². The van der Waals surface area contributed by atoms with E-state index in [1.54, 1.807) is 42.5 Å². The Bertz CT molecular complexity index is 832. The number of carboxylic acid groups (broad SMARTS) is 1. The standard InChI is InChI=1S/C16H14Cl2O4.C10H20/c1-16(2,15(19)20)22-12-6-4-11(5-7-12)21-14-8-3-10(17)9-13(14)18;1-3-5-7-9-10-8-6-4-2/h3-9H,1-2H3,(H,19,20);3H,1,4-10H2,2H3. The first-order chi connectivity index (χ1) is 15.2. The number of ether oxygens (including phenoxy) is 2. The van der Waals surface area contributed by atoms with E-state index in [9.17, 15) is 4.79 Å². The first kappa shape index (κ1) is 27.9. The van der Waals surface area contributed by atoms with Crippen LogP contribution in [0.15, 0.2) is 55.1 Å². The fraction of sp³-hybridized carbons (Fsp3) is 0.423. The van der Waals surface area contributed by atoms with Gasteiger partial charge in [0.15, 0.2) is 5.60 Å². The topological polar surface area (TPSA) is 55.8 Å².